The zero-order valence-corrected chi connectivity index (χ0v) is 9.77. The van der Waals surface area contributed by atoms with Crippen molar-refractivity contribution in [3.05, 3.63) is 29.0 Å². The molecule has 0 spiro atoms. The van der Waals surface area contributed by atoms with Gasteiger partial charge in [0.25, 0.3) is 0 Å². The molecule has 0 aromatic heterocycles. The van der Waals surface area contributed by atoms with E-state index < -0.39 is 0 Å². The van der Waals surface area contributed by atoms with Crippen molar-refractivity contribution in [3.63, 3.8) is 0 Å². The molecule has 1 N–H and O–H groups in total. The molecule has 2 rings (SSSR count). The minimum atomic E-state index is -0.306. The second-order valence-corrected chi connectivity index (χ2v) is 4.41. The molecule has 1 saturated heterocycles. The molecule has 16 heavy (non-hydrogen) atoms. The topological polar surface area (TPSA) is 21.3 Å². The lowest BCUT2D eigenvalue weighted by Crippen LogP contribution is -2.12. The van der Waals surface area contributed by atoms with E-state index in [1.54, 1.807) is 12.1 Å². The maximum atomic E-state index is 13.4. The first-order chi connectivity index (χ1) is 7.75. The standard InChI is InChI=1S/C12H15ClFNO/c13-9-3-4-12(11(14)8-9)15-6-5-10-2-1-7-16-10/h3-4,8,10,15H,1-2,5-7H2. The Morgan fingerprint density at radius 1 is 1.50 bits per heavy atom. The monoisotopic (exact) mass is 243 g/mol. The summed E-state index contributed by atoms with van der Waals surface area (Å²) in [7, 11) is 0. The molecule has 0 bridgehead atoms. The molecule has 1 fully saturated rings. The quantitative estimate of drug-likeness (QED) is 0.875. The molecule has 0 radical (unpaired) electrons. The van der Waals surface area contributed by atoms with Gasteiger partial charge in [0.2, 0.25) is 0 Å². The van der Waals surface area contributed by atoms with Gasteiger partial charge in [0.05, 0.1) is 11.8 Å². The first-order valence-electron chi connectivity index (χ1n) is 5.56. The summed E-state index contributed by atoms with van der Waals surface area (Å²) in [6.45, 7) is 1.59. The largest absolute Gasteiger partial charge is 0.383 e. The van der Waals surface area contributed by atoms with Crippen LogP contribution in [0.4, 0.5) is 10.1 Å². The molecule has 1 aliphatic heterocycles. The van der Waals surface area contributed by atoms with Crippen molar-refractivity contribution in [2.75, 3.05) is 18.5 Å². The number of benzene rings is 1. The van der Waals surface area contributed by atoms with Gasteiger partial charge in [0.1, 0.15) is 5.82 Å². The van der Waals surface area contributed by atoms with Gasteiger partial charge >= 0.3 is 0 Å². The molecule has 0 aliphatic carbocycles. The van der Waals surface area contributed by atoms with Crippen molar-refractivity contribution in [3.8, 4) is 0 Å². The molecule has 4 heteroatoms. The molecule has 1 heterocycles. The number of anilines is 1. The fourth-order valence-corrected chi connectivity index (χ4v) is 2.03. The van der Waals surface area contributed by atoms with Gasteiger partial charge in [-0.3, -0.25) is 0 Å². The Balaban J connectivity index is 1.80. The molecule has 1 aliphatic rings. The highest BCUT2D eigenvalue weighted by atomic mass is 35.5. The average molecular weight is 244 g/mol. The van der Waals surface area contributed by atoms with E-state index in [1.165, 1.54) is 6.07 Å². The van der Waals surface area contributed by atoms with Crippen molar-refractivity contribution in [1.82, 2.24) is 0 Å². The van der Waals surface area contributed by atoms with Crippen LogP contribution in [0.3, 0.4) is 0 Å². The summed E-state index contributed by atoms with van der Waals surface area (Å²) in [4.78, 5) is 0. The Labute approximate surface area is 99.7 Å². The van der Waals surface area contributed by atoms with Gasteiger partial charge in [0.15, 0.2) is 0 Å². The van der Waals surface area contributed by atoms with E-state index in [0.29, 0.717) is 16.8 Å². The predicted molar refractivity (Wildman–Crippen MR) is 63.5 cm³/mol. The lowest BCUT2D eigenvalue weighted by molar-refractivity contribution is 0.107. The van der Waals surface area contributed by atoms with Crippen molar-refractivity contribution >= 4 is 17.3 Å². The van der Waals surface area contributed by atoms with Crippen molar-refractivity contribution < 1.29 is 9.13 Å². The third-order valence-electron chi connectivity index (χ3n) is 2.74. The highest BCUT2D eigenvalue weighted by Gasteiger charge is 2.14. The van der Waals surface area contributed by atoms with E-state index in [1.807, 2.05) is 0 Å². The molecule has 1 atom stereocenters. The van der Waals surface area contributed by atoms with Gasteiger partial charge in [-0.15, -0.1) is 0 Å². The van der Waals surface area contributed by atoms with Crippen molar-refractivity contribution in [2.45, 2.75) is 25.4 Å². The van der Waals surface area contributed by atoms with Crippen LogP contribution >= 0.6 is 11.6 Å². The molecule has 2 nitrogen and oxygen atoms in total. The number of ether oxygens (including phenoxy) is 1. The molecule has 1 unspecified atom stereocenters. The minimum Gasteiger partial charge on any atom is -0.383 e. The van der Waals surface area contributed by atoms with Gasteiger partial charge in [-0.05, 0) is 37.5 Å². The van der Waals surface area contributed by atoms with E-state index in [-0.39, 0.29) is 5.82 Å². The van der Waals surface area contributed by atoms with Gasteiger partial charge < -0.3 is 10.1 Å². The van der Waals surface area contributed by atoms with Crippen LogP contribution in [0.5, 0.6) is 0 Å². The Hall–Kier alpha value is -0.800. The molecule has 88 valence electrons. The summed E-state index contributed by atoms with van der Waals surface area (Å²) in [5.41, 5.74) is 0.502. The molecule has 1 aromatic rings. The Morgan fingerprint density at radius 3 is 3.06 bits per heavy atom. The van der Waals surface area contributed by atoms with Crippen LogP contribution in [-0.2, 0) is 4.74 Å². The van der Waals surface area contributed by atoms with E-state index in [0.717, 1.165) is 32.4 Å². The van der Waals surface area contributed by atoms with Crippen LogP contribution in [0, 0.1) is 5.82 Å². The first-order valence-corrected chi connectivity index (χ1v) is 5.94. The van der Waals surface area contributed by atoms with Crippen molar-refractivity contribution in [2.24, 2.45) is 0 Å². The Bertz CT molecular complexity index is 353. The Morgan fingerprint density at radius 2 is 2.38 bits per heavy atom. The second-order valence-electron chi connectivity index (χ2n) is 3.97. The third-order valence-corrected chi connectivity index (χ3v) is 2.97. The summed E-state index contributed by atoms with van der Waals surface area (Å²) >= 11 is 5.67. The summed E-state index contributed by atoms with van der Waals surface area (Å²) in [6, 6.07) is 4.65. The van der Waals surface area contributed by atoms with Crippen molar-refractivity contribution in [1.29, 1.82) is 0 Å². The molecule has 0 amide bonds. The van der Waals surface area contributed by atoms with Crippen LogP contribution < -0.4 is 5.32 Å². The molecule has 1 aromatic carbocycles. The SMILES string of the molecule is Fc1cc(Cl)ccc1NCCC1CCCO1. The summed E-state index contributed by atoms with van der Waals surface area (Å²) in [6.07, 6.45) is 3.51. The van der Waals surface area contributed by atoms with Crippen LogP contribution in [-0.4, -0.2) is 19.3 Å². The smallest absolute Gasteiger partial charge is 0.147 e. The highest BCUT2D eigenvalue weighted by molar-refractivity contribution is 6.30. The third kappa shape index (κ3) is 3.09. The van der Waals surface area contributed by atoms with Gasteiger partial charge in [-0.25, -0.2) is 4.39 Å². The van der Waals surface area contributed by atoms with Gasteiger partial charge in [-0.1, -0.05) is 11.6 Å². The van der Waals surface area contributed by atoms with Crippen LogP contribution in [0.25, 0.3) is 0 Å². The number of halogens is 2. The van der Waals surface area contributed by atoms with Crippen LogP contribution in [0.15, 0.2) is 18.2 Å². The Kier molecular flexibility index (Phi) is 4.02. The number of nitrogens with one attached hydrogen (secondary N) is 1. The van der Waals surface area contributed by atoms with E-state index in [9.17, 15) is 4.39 Å². The first kappa shape index (κ1) is 11.7. The lowest BCUT2D eigenvalue weighted by atomic mass is 10.2. The summed E-state index contributed by atoms with van der Waals surface area (Å²) in [5, 5.41) is 3.47. The zero-order valence-electron chi connectivity index (χ0n) is 9.01. The van der Waals surface area contributed by atoms with Crippen LogP contribution in [0.2, 0.25) is 5.02 Å². The van der Waals surface area contributed by atoms with E-state index in [4.69, 9.17) is 16.3 Å². The zero-order chi connectivity index (χ0) is 11.4. The number of rotatable bonds is 4. The maximum absolute atomic E-state index is 13.4. The fourth-order valence-electron chi connectivity index (χ4n) is 1.87. The van der Waals surface area contributed by atoms with Gasteiger partial charge in [0, 0.05) is 18.2 Å². The average Bonchev–Trinajstić information content (AvgIpc) is 2.74. The minimum absolute atomic E-state index is 0.306. The molecular weight excluding hydrogens is 229 g/mol. The summed E-state index contributed by atoms with van der Waals surface area (Å²) in [5.74, 6) is -0.306. The second kappa shape index (κ2) is 5.51. The predicted octanol–water partition coefficient (Wildman–Crippen LogP) is 3.46. The van der Waals surface area contributed by atoms with E-state index in [2.05, 4.69) is 5.32 Å². The number of hydrogen-bond donors (Lipinski definition) is 1. The normalized spacial score (nSPS) is 20.0. The highest BCUT2D eigenvalue weighted by Crippen LogP contribution is 2.20. The fraction of sp³-hybridized carbons (Fsp3) is 0.500. The van der Waals surface area contributed by atoms with Gasteiger partial charge in [-0.2, -0.15) is 0 Å². The molecule has 0 saturated carbocycles. The maximum Gasteiger partial charge on any atom is 0.147 e. The van der Waals surface area contributed by atoms with E-state index >= 15 is 0 Å². The van der Waals surface area contributed by atoms with Crippen LogP contribution in [0.1, 0.15) is 19.3 Å². The number of hydrogen-bond acceptors (Lipinski definition) is 2. The lowest BCUT2D eigenvalue weighted by Gasteiger charge is -2.11. The molecular formula is C12H15ClFNO. The summed E-state index contributed by atoms with van der Waals surface area (Å²) < 4.78 is 18.9.